The fourth-order valence-corrected chi connectivity index (χ4v) is 8.26. The number of carboxylic acids is 1. The minimum atomic E-state index is -1.35. The number of phenolic OH excluding ortho intramolecular Hbond substituents is 2. The maximum Gasteiger partial charge on any atom is 0.326 e. The summed E-state index contributed by atoms with van der Waals surface area (Å²) in [6, 6.07) is 4.87. The Balaban J connectivity index is 1.53. The van der Waals surface area contributed by atoms with Crippen LogP contribution in [0.5, 0.6) is 11.5 Å². The largest absolute Gasteiger partial charge is 0.507 e. The molecule has 2 aromatic rings. The Labute approximate surface area is 384 Å². The highest BCUT2D eigenvalue weighted by Crippen LogP contribution is 2.39. The van der Waals surface area contributed by atoms with E-state index in [1.54, 1.807) is 6.92 Å². The molecule has 15 heteroatoms. The molecule has 1 unspecified atom stereocenters. The molecule has 0 spiro atoms. The number of hydrogen-bond acceptors (Lipinski definition) is 10. The number of Topliss-reactive ketones (excluding diaryl/α,β-unsaturated/α-hetero) is 2. The molecule has 5 atom stereocenters. The molecule has 1 heterocycles. The molecule has 0 fully saturated rings. The topological polar surface area (TPSA) is 231 Å². The predicted molar refractivity (Wildman–Crippen MR) is 248 cm³/mol. The van der Waals surface area contributed by atoms with E-state index in [9.17, 15) is 54.0 Å². The van der Waals surface area contributed by atoms with Crippen LogP contribution in [0.4, 0.5) is 0 Å². The number of phenols is 2. The van der Waals surface area contributed by atoms with Gasteiger partial charge in [-0.2, -0.15) is 0 Å². The number of fused-ring (bicyclic) bond motifs is 5. The van der Waals surface area contributed by atoms with E-state index >= 15 is 0 Å². The fourth-order valence-electron chi connectivity index (χ4n) is 8.26. The fraction of sp³-hybridized carbons (Fsp3) is 0.620. The van der Waals surface area contributed by atoms with Crippen molar-refractivity contribution in [1.82, 2.24) is 20.4 Å². The first-order chi connectivity index (χ1) is 31.0. The van der Waals surface area contributed by atoms with Crippen LogP contribution in [-0.4, -0.2) is 111 Å². The van der Waals surface area contributed by atoms with Crippen LogP contribution in [-0.2, 0) is 40.0 Å². The second-order valence-electron chi connectivity index (χ2n) is 17.9. The highest BCUT2D eigenvalue weighted by Gasteiger charge is 2.34. The zero-order chi connectivity index (χ0) is 48.1. The smallest absolute Gasteiger partial charge is 0.326 e. The number of amides is 4. The van der Waals surface area contributed by atoms with Gasteiger partial charge in [-0.05, 0) is 48.2 Å². The van der Waals surface area contributed by atoms with E-state index in [0.29, 0.717) is 12.0 Å². The van der Waals surface area contributed by atoms with Crippen LogP contribution in [0.1, 0.15) is 154 Å². The van der Waals surface area contributed by atoms with Crippen LogP contribution >= 0.6 is 0 Å². The second-order valence-corrected chi connectivity index (χ2v) is 17.9. The average Bonchev–Trinajstić information content (AvgIpc) is 3.27. The van der Waals surface area contributed by atoms with Crippen molar-refractivity contribution in [3.05, 3.63) is 47.5 Å². The summed E-state index contributed by atoms with van der Waals surface area (Å²) in [5.41, 5.74) is 1.00. The third-order valence-corrected chi connectivity index (χ3v) is 12.6. The van der Waals surface area contributed by atoms with Crippen molar-refractivity contribution in [2.24, 2.45) is 11.8 Å². The number of aliphatic carboxylic acids is 1. The Bertz CT molecular complexity index is 1920. The van der Waals surface area contributed by atoms with E-state index in [2.05, 4.69) is 17.6 Å². The normalized spacial score (nSPS) is 17.3. The van der Waals surface area contributed by atoms with Crippen LogP contribution in [0.25, 0.3) is 11.1 Å². The second kappa shape index (κ2) is 27.9. The minimum absolute atomic E-state index is 0.0914. The van der Waals surface area contributed by atoms with Crippen molar-refractivity contribution >= 4 is 41.2 Å². The lowest BCUT2D eigenvalue weighted by molar-refractivity contribution is -0.143. The number of aliphatic hydroxyl groups is 1. The molecule has 3 rings (SSSR count). The molecule has 1 aliphatic heterocycles. The molecular formula is C50H74N4O11. The molecule has 0 saturated carbocycles. The highest BCUT2D eigenvalue weighted by atomic mass is 16.4. The van der Waals surface area contributed by atoms with Gasteiger partial charge in [-0.15, -0.1) is 0 Å². The number of nitrogens with one attached hydrogen (secondary N) is 2. The van der Waals surface area contributed by atoms with Gasteiger partial charge in [0.2, 0.25) is 23.6 Å². The Morgan fingerprint density at radius 2 is 1.34 bits per heavy atom. The number of rotatable bonds is 26. The van der Waals surface area contributed by atoms with Gasteiger partial charge in [-0.25, -0.2) is 4.79 Å². The predicted octanol–water partition coefficient (Wildman–Crippen LogP) is 6.78. The summed E-state index contributed by atoms with van der Waals surface area (Å²) in [7, 11) is 2.90. The van der Waals surface area contributed by atoms with E-state index in [1.807, 2.05) is 0 Å². The minimum Gasteiger partial charge on any atom is -0.507 e. The quantitative estimate of drug-likeness (QED) is 0.0539. The van der Waals surface area contributed by atoms with Gasteiger partial charge in [0.25, 0.3) is 0 Å². The Hall–Kier alpha value is -5.31. The number of carboxylic acid groups (broad SMARTS) is 1. The molecule has 4 bridgehead atoms. The molecule has 4 amide bonds. The standard InChI is InChI=1S/C50H74N4O11/c1-6-7-8-9-10-11-12-13-14-15-16-17-18-19-45(60)53(4)40(32-55)49(63)51-27-26-33(2)41(56)24-25-46(61)54(5)47-36-21-23-43(58)38(31-36)37-29-35(20-22-42(37)57)30-39(50(64)65)52-48(62)34(3)28-44(47)59/h20-23,29,31,33-34,39-40,47,55,57-58H,6-19,24-28,30,32H2,1-5H3,(H,51,63)(H,52,62)(H,64,65)/t33?,34-,39+,40-,47+/m1/s1. The molecule has 1 aliphatic rings. The number of unbranched alkanes of at least 4 members (excludes halogenated alkanes) is 12. The molecule has 0 radical (unpaired) electrons. The molecule has 0 aromatic heterocycles. The van der Waals surface area contributed by atoms with Crippen molar-refractivity contribution in [3.63, 3.8) is 0 Å². The number of carbonyl (C=O) groups excluding carboxylic acids is 6. The molecule has 65 heavy (non-hydrogen) atoms. The number of ketones is 2. The Morgan fingerprint density at radius 1 is 0.769 bits per heavy atom. The Morgan fingerprint density at radius 3 is 1.92 bits per heavy atom. The van der Waals surface area contributed by atoms with Crippen molar-refractivity contribution in [2.45, 2.75) is 161 Å². The van der Waals surface area contributed by atoms with Crippen molar-refractivity contribution in [2.75, 3.05) is 27.2 Å². The van der Waals surface area contributed by atoms with Crippen LogP contribution in [0.2, 0.25) is 0 Å². The molecule has 6 N–H and O–H groups in total. The first-order valence-electron chi connectivity index (χ1n) is 23.6. The van der Waals surface area contributed by atoms with Crippen LogP contribution in [0.15, 0.2) is 36.4 Å². The van der Waals surface area contributed by atoms with Gasteiger partial charge in [0.15, 0.2) is 5.78 Å². The summed E-state index contributed by atoms with van der Waals surface area (Å²) in [4.78, 5) is 94.5. The van der Waals surface area contributed by atoms with Crippen molar-refractivity contribution in [3.8, 4) is 22.6 Å². The first-order valence-corrected chi connectivity index (χ1v) is 23.6. The van der Waals surface area contributed by atoms with Crippen LogP contribution in [0.3, 0.4) is 0 Å². The SMILES string of the molecule is CCCCCCCCCCCCCCCC(=O)N(C)[C@H](CO)C(=O)NCCC(C)C(=O)CCC(=O)N(C)[C@@H]1C(=O)C[C@@H](C)C(=O)N[C@H](C(=O)O)Cc2ccc(O)c(c2)-c2cc1ccc2O. The maximum absolute atomic E-state index is 14.0. The molecule has 0 saturated heterocycles. The Kier molecular flexibility index (Phi) is 23.2. The van der Waals surface area contributed by atoms with E-state index in [0.717, 1.165) is 19.3 Å². The summed E-state index contributed by atoms with van der Waals surface area (Å²) >= 11 is 0. The summed E-state index contributed by atoms with van der Waals surface area (Å²) in [6.45, 7) is 4.91. The lowest BCUT2D eigenvalue weighted by Gasteiger charge is -2.29. The van der Waals surface area contributed by atoms with Gasteiger partial charge in [0.1, 0.15) is 35.4 Å². The summed E-state index contributed by atoms with van der Waals surface area (Å²) in [6.07, 6.45) is 15.0. The maximum atomic E-state index is 14.0. The first kappa shape index (κ1) is 54.0. The van der Waals surface area contributed by atoms with Gasteiger partial charge in [0.05, 0.1) is 6.61 Å². The number of aromatic hydroxyl groups is 2. The van der Waals surface area contributed by atoms with Crippen LogP contribution < -0.4 is 10.6 Å². The number of hydrogen-bond donors (Lipinski definition) is 6. The number of aliphatic hydroxyl groups excluding tert-OH is 1. The molecular weight excluding hydrogens is 833 g/mol. The number of likely N-dealkylation sites (N-methyl/N-ethyl adjacent to an activating group) is 2. The summed E-state index contributed by atoms with van der Waals surface area (Å²) < 4.78 is 0. The van der Waals surface area contributed by atoms with Gasteiger partial charge < -0.3 is 40.9 Å². The molecule has 2 aromatic carbocycles. The van der Waals surface area contributed by atoms with Gasteiger partial charge in [-0.1, -0.05) is 110 Å². The van der Waals surface area contributed by atoms with Crippen molar-refractivity contribution in [1.29, 1.82) is 0 Å². The summed E-state index contributed by atoms with van der Waals surface area (Å²) in [5.74, 6) is -6.13. The van der Waals surface area contributed by atoms with Crippen LogP contribution in [0, 0.1) is 11.8 Å². The lowest BCUT2D eigenvalue weighted by atomic mass is 9.89. The summed E-state index contributed by atoms with van der Waals surface area (Å²) in [5, 5.41) is 46.7. The highest BCUT2D eigenvalue weighted by molar-refractivity contribution is 5.95. The molecule has 15 nitrogen and oxygen atoms in total. The average molecular weight is 907 g/mol. The zero-order valence-electron chi connectivity index (χ0n) is 39.2. The number of carbonyl (C=O) groups is 7. The van der Waals surface area contributed by atoms with Gasteiger partial charge in [-0.3, -0.25) is 28.8 Å². The molecule has 360 valence electrons. The van der Waals surface area contributed by atoms with Crippen molar-refractivity contribution < 1.29 is 54.0 Å². The lowest BCUT2D eigenvalue weighted by Crippen LogP contribution is -2.50. The van der Waals surface area contributed by atoms with E-state index < -0.39 is 66.0 Å². The number of benzene rings is 2. The van der Waals surface area contributed by atoms with E-state index in [1.165, 1.54) is 125 Å². The third kappa shape index (κ3) is 17.2. The number of nitrogens with zero attached hydrogens (tertiary/aromatic N) is 2. The zero-order valence-corrected chi connectivity index (χ0v) is 39.2. The van der Waals surface area contributed by atoms with E-state index in [-0.39, 0.29) is 84.9 Å². The van der Waals surface area contributed by atoms with E-state index in [4.69, 9.17) is 0 Å². The third-order valence-electron chi connectivity index (χ3n) is 12.6. The van der Waals surface area contributed by atoms with Gasteiger partial charge in [0, 0.05) is 75.7 Å². The van der Waals surface area contributed by atoms with Gasteiger partial charge >= 0.3 is 5.97 Å². The monoisotopic (exact) mass is 907 g/mol. The molecule has 0 aliphatic carbocycles.